The fraction of sp³-hybridized carbons (Fsp3) is 0.467. The number of nitrogens with one attached hydrogen (secondary N) is 2. The molecule has 0 bridgehead atoms. The average molecular weight is 292 g/mol. The lowest BCUT2D eigenvalue weighted by molar-refractivity contribution is -0.141. The summed E-state index contributed by atoms with van der Waals surface area (Å²) >= 11 is 0. The van der Waals surface area contributed by atoms with E-state index < -0.39 is 24.1 Å². The van der Waals surface area contributed by atoms with Crippen molar-refractivity contribution in [2.24, 2.45) is 0 Å². The van der Waals surface area contributed by atoms with E-state index in [9.17, 15) is 14.7 Å². The zero-order valence-corrected chi connectivity index (χ0v) is 11.9. The number of hydrogen-bond acceptors (Lipinski definition) is 3. The molecule has 6 nitrogen and oxygen atoms in total. The zero-order chi connectivity index (χ0) is 15.4. The summed E-state index contributed by atoms with van der Waals surface area (Å²) in [6.45, 7) is 1.32. The Morgan fingerprint density at radius 2 is 1.95 bits per heavy atom. The summed E-state index contributed by atoms with van der Waals surface area (Å²) in [5.41, 5.74) is 3.05. The number of urea groups is 1. The molecule has 0 saturated heterocycles. The van der Waals surface area contributed by atoms with Gasteiger partial charge in [0.1, 0.15) is 0 Å². The molecule has 4 N–H and O–H groups in total. The number of amides is 2. The number of anilines is 1. The van der Waals surface area contributed by atoms with Crippen LogP contribution in [0.3, 0.4) is 0 Å². The second-order valence-corrected chi connectivity index (χ2v) is 5.31. The van der Waals surface area contributed by atoms with Crippen LogP contribution in [0, 0.1) is 0 Å². The van der Waals surface area contributed by atoms with Crippen molar-refractivity contribution in [3.05, 3.63) is 29.3 Å². The number of carbonyl (C=O) groups excluding carboxylic acids is 1. The molecule has 2 atom stereocenters. The number of fused-ring (bicyclic) bond motifs is 1. The molecule has 0 aliphatic heterocycles. The number of carboxylic acids is 1. The van der Waals surface area contributed by atoms with Gasteiger partial charge in [-0.25, -0.2) is 9.59 Å². The van der Waals surface area contributed by atoms with E-state index in [1.165, 1.54) is 12.5 Å². The monoisotopic (exact) mass is 292 g/mol. The molecular formula is C15H20N2O4. The first-order valence-electron chi connectivity index (χ1n) is 7.08. The van der Waals surface area contributed by atoms with Gasteiger partial charge in [-0.3, -0.25) is 0 Å². The number of hydrogen-bond donors (Lipinski definition) is 4. The van der Waals surface area contributed by atoms with Gasteiger partial charge in [0.05, 0.1) is 6.10 Å². The topological polar surface area (TPSA) is 98.7 Å². The number of aliphatic hydroxyl groups excluding tert-OH is 1. The lowest BCUT2D eigenvalue weighted by Gasteiger charge is -2.21. The minimum atomic E-state index is -1.33. The third-order valence-corrected chi connectivity index (χ3v) is 3.68. The Bertz CT molecular complexity index is 542. The minimum Gasteiger partial charge on any atom is -0.480 e. The Hall–Kier alpha value is -2.08. The number of carbonyl (C=O) groups is 2. The Balaban J connectivity index is 2.08. The molecule has 2 amide bonds. The maximum atomic E-state index is 11.9. The fourth-order valence-corrected chi connectivity index (χ4v) is 2.59. The standard InChI is InChI=1S/C15H20N2O4/c1-9(18)13(14(19)20)17-15(21)16-12-8-4-6-10-5-2-3-7-11(10)12/h4,6,8-9,13,18H,2-3,5,7H2,1H3,(H,19,20)(H2,16,17,21). The minimum absolute atomic E-state index is 0.623. The van der Waals surface area contributed by atoms with E-state index in [2.05, 4.69) is 10.6 Å². The van der Waals surface area contributed by atoms with Crippen molar-refractivity contribution in [2.75, 3.05) is 5.32 Å². The van der Waals surface area contributed by atoms with Crippen molar-refractivity contribution in [3.8, 4) is 0 Å². The highest BCUT2D eigenvalue weighted by Gasteiger charge is 2.25. The molecule has 0 spiro atoms. The van der Waals surface area contributed by atoms with Crippen molar-refractivity contribution in [1.82, 2.24) is 5.32 Å². The summed E-state index contributed by atoms with van der Waals surface area (Å²) in [5, 5.41) is 23.3. The maximum absolute atomic E-state index is 11.9. The second kappa shape index (κ2) is 6.58. The number of aryl methyl sites for hydroxylation is 1. The van der Waals surface area contributed by atoms with Crippen molar-refractivity contribution >= 4 is 17.7 Å². The third kappa shape index (κ3) is 3.72. The van der Waals surface area contributed by atoms with Crippen LogP contribution in [0.2, 0.25) is 0 Å². The Morgan fingerprint density at radius 1 is 1.24 bits per heavy atom. The summed E-state index contributed by atoms with van der Waals surface area (Å²) in [7, 11) is 0. The van der Waals surface area contributed by atoms with Gasteiger partial charge in [0.25, 0.3) is 0 Å². The summed E-state index contributed by atoms with van der Waals surface area (Å²) < 4.78 is 0. The molecule has 21 heavy (non-hydrogen) atoms. The molecule has 0 saturated carbocycles. The fourth-order valence-electron chi connectivity index (χ4n) is 2.59. The van der Waals surface area contributed by atoms with Gasteiger partial charge in [0, 0.05) is 5.69 Å². The summed E-state index contributed by atoms with van der Waals surface area (Å²) in [5.74, 6) is -1.27. The first kappa shape index (κ1) is 15.3. The van der Waals surface area contributed by atoms with Crippen LogP contribution < -0.4 is 10.6 Å². The van der Waals surface area contributed by atoms with Crippen LogP contribution in [-0.4, -0.2) is 34.4 Å². The van der Waals surface area contributed by atoms with Gasteiger partial charge in [0.2, 0.25) is 0 Å². The quantitative estimate of drug-likeness (QED) is 0.676. The van der Waals surface area contributed by atoms with Gasteiger partial charge >= 0.3 is 12.0 Å². The molecule has 114 valence electrons. The highest BCUT2D eigenvalue weighted by atomic mass is 16.4. The SMILES string of the molecule is CC(O)C(NC(=O)Nc1cccc2c1CCCC2)C(=O)O. The maximum Gasteiger partial charge on any atom is 0.328 e. The van der Waals surface area contributed by atoms with Gasteiger partial charge in [-0.05, 0) is 49.8 Å². The molecule has 0 heterocycles. The molecular weight excluding hydrogens is 272 g/mol. The first-order chi connectivity index (χ1) is 9.99. The third-order valence-electron chi connectivity index (χ3n) is 3.68. The zero-order valence-electron chi connectivity index (χ0n) is 11.9. The Labute approximate surface area is 123 Å². The highest BCUT2D eigenvalue weighted by Crippen LogP contribution is 2.27. The number of aliphatic carboxylic acids is 1. The molecule has 1 aliphatic carbocycles. The van der Waals surface area contributed by atoms with E-state index in [4.69, 9.17) is 5.11 Å². The van der Waals surface area contributed by atoms with Crippen molar-refractivity contribution < 1.29 is 19.8 Å². The van der Waals surface area contributed by atoms with Crippen LogP contribution in [0.25, 0.3) is 0 Å². The lowest BCUT2D eigenvalue weighted by Crippen LogP contribution is -2.49. The van der Waals surface area contributed by atoms with E-state index in [0.29, 0.717) is 5.69 Å². The van der Waals surface area contributed by atoms with Gasteiger partial charge < -0.3 is 20.8 Å². The van der Waals surface area contributed by atoms with Gasteiger partial charge in [-0.2, -0.15) is 0 Å². The highest BCUT2D eigenvalue weighted by molar-refractivity contribution is 5.93. The molecule has 1 aromatic carbocycles. The van der Waals surface area contributed by atoms with E-state index in [0.717, 1.165) is 31.2 Å². The number of carboxylic acid groups (broad SMARTS) is 1. The van der Waals surface area contributed by atoms with Gasteiger partial charge in [-0.15, -0.1) is 0 Å². The predicted octanol–water partition coefficient (Wildman–Crippen LogP) is 1.52. The smallest absolute Gasteiger partial charge is 0.328 e. The lowest BCUT2D eigenvalue weighted by atomic mass is 9.90. The van der Waals surface area contributed by atoms with Gasteiger partial charge in [0.15, 0.2) is 6.04 Å². The first-order valence-corrected chi connectivity index (χ1v) is 7.08. The molecule has 0 aromatic heterocycles. The van der Waals surface area contributed by atoms with Crippen molar-refractivity contribution in [1.29, 1.82) is 0 Å². The van der Waals surface area contributed by atoms with E-state index in [-0.39, 0.29) is 0 Å². The van der Waals surface area contributed by atoms with Crippen LogP contribution in [0.1, 0.15) is 30.9 Å². The normalized spacial score (nSPS) is 16.5. The van der Waals surface area contributed by atoms with Crippen molar-refractivity contribution in [2.45, 2.75) is 44.8 Å². The number of aliphatic hydroxyl groups is 1. The molecule has 0 fully saturated rings. The molecule has 1 aromatic rings. The summed E-state index contributed by atoms with van der Waals surface area (Å²) in [4.78, 5) is 22.9. The summed E-state index contributed by atoms with van der Waals surface area (Å²) in [6.07, 6.45) is 2.96. The molecule has 6 heteroatoms. The van der Waals surface area contributed by atoms with E-state index >= 15 is 0 Å². The second-order valence-electron chi connectivity index (χ2n) is 5.31. The van der Waals surface area contributed by atoms with Crippen molar-refractivity contribution in [3.63, 3.8) is 0 Å². The Kier molecular flexibility index (Phi) is 4.80. The predicted molar refractivity (Wildman–Crippen MR) is 78.3 cm³/mol. The summed E-state index contributed by atoms with van der Waals surface area (Å²) in [6, 6.07) is 3.78. The van der Waals surface area contributed by atoms with E-state index in [1.54, 1.807) is 0 Å². The Morgan fingerprint density at radius 3 is 2.62 bits per heavy atom. The average Bonchev–Trinajstić information content (AvgIpc) is 2.44. The van der Waals surface area contributed by atoms with E-state index in [1.807, 2.05) is 18.2 Å². The molecule has 0 radical (unpaired) electrons. The largest absolute Gasteiger partial charge is 0.480 e. The van der Waals surface area contributed by atoms with Crippen LogP contribution in [-0.2, 0) is 17.6 Å². The van der Waals surface area contributed by atoms with Crippen LogP contribution in [0.5, 0.6) is 0 Å². The van der Waals surface area contributed by atoms with Crippen LogP contribution in [0.15, 0.2) is 18.2 Å². The van der Waals surface area contributed by atoms with Gasteiger partial charge in [-0.1, -0.05) is 12.1 Å². The van der Waals surface area contributed by atoms with Crippen LogP contribution >= 0.6 is 0 Å². The molecule has 2 unspecified atom stereocenters. The number of rotatable bonds is 4. The molecule has 1 aliphatic rings. The molecule has 2 rings (SSSR count). The number of benzene rings is 1. The van der Waals surface area contributed by atoms with Crippen LogP contribution in [0.4, 0.5) is 10.5 Å².